The second-order valence-corrected chi connectivity index (χ2v) is 9.51. The number of fused-ring (bicyclic) bond motifs is 4. The van der Waals surface area contributed by atoms with Crippen molar-refractivity contribution < 1.29 is 0 Å². The quantitative estimate of drug-likeness (QED) is 0.639. The van der Waals surface area contributed by atoms with Gasteiger partial charge in [0, 0.05) is 54.9 Å². The summed E-state index contributed by atoms with van der Waals surface area (Å²) in [5.74, 6) is 0.863. The first-order valence-electron chi connectivity index (χ1n) is 9.48. The predicted molar refractivity (Wildman–Crippen MR) is 111 cm³/mol. The highest BCUT2D eigenvalue weighted by Crippen LogP contribution is 2.37. The summed E-state index contributed by atoms with van der Waals surface area (Å²) in [4.78, 5) is 22.0. The molecule has 5 heterocycles. The van der Waals surface area contributed by atoms with E-state index in [1.807, 2.05) is 29.3 Å². The zero-order valence-corrected chi connectivity index (χ0v) is 17.3. The Morgan fingerprint density at radius 2 is 2.14 bits per heavy atom. The van der Waals surface area contributed by atoms with Gasteiger partial charge < -0.3 is 9.47 Å². The molecule has 0 spiro atoms. The molecule has 0 aromatic carbocycles. The fourth-order valence-corrected chi connectivity index (χ4v) is 5.76. The van der Waals surface area contributed by atoms with Gasteiger partial charge in [-0.15, -0.1) is 21.5 Å². The van der Waals surface area contributed by atoms with Gasteiger partial charge in [-0.2, -0.15) is 0 Å². The van der Waals surface area contributed by atoms with E-state index in [2.05, 4.69) is 31.0 Å². The number of hydrogen-bond donors (Lipinski definition) is 0. The van der Waals surface area contributed by atoms with Crippen LogP contribution in [0.2, 0.25) is 0 Å². The lowest BCUT2D eigenvalue weighted by molar-refractivity contribution is 0.276. The molecule has 9 heteroatoms. The molecule has 1 fully saturated rings. The summed E-state index contributed by atoms with van der Waals surface area (Å²) in [6.45, 7) is 4.07. The molecular formula is C19H22N6OS2. The zero-order chi connectivity index (χ0) is 19.1. The first-order valence-corrected chi connectivity index (χ1v) is 11.2. The van der Waals surface area contributed by atoms with E-state index in [4.69, 9.17) is 0 Å². The lowest BCUT2D eigenvalue weighted by Crippen LogP contribution is -2.47. The highest BCUT2D eigenvalue weighted by Gasteiger charge is 2.35. The number of anilines is 1. The minimum atomic E-state index is 0.169. The molecule has 2 atom stereocenters. The minimum absolute atomic E-state index is 0.169. The normalized spacial score (nSPS) is 21.1. The molecular weight excluding hydrogens is 392 g/mol. The summed E-state index contributed by atoms with van der Waals surface area (Å²) in [5.41, 5.74) is 3.99. The highest BCUT2D eigenvalue weighted by molar-refractivity contribution is 7.13. The molecule has 3 aromatic rings. The zero-order valence-electron chi connectivity index (χ0n) is 15.7. The first kappa shape index (κ1) is 18.0. The van der Waals surface area contributed by atoms with E-state index in [0.717, 1.165) is 48.3 Å². The van der Waals surface area contributed by atoms with Crippen molar-refractivity contribution in [2.75, 3.05) is 25.0 Å². The molecule has 0 N–H and O–H groups in total. The molecule has 2 aliphatic rings. The summed E-state index contributed by atoms with van der Waals surface area (Å²) in [5, 5.41) is 12.3. The summed E-state index contributed by atoms with van der Waals surface area (Å²) in [7, 11) is 2.04. The molecule has 3 aromatic heterocycles. The maximum absolute atomic E-state index is 13.2. The van der Waals surface area contributed by atoms with Crippen LogP contribution in [0.25, 0.3) is 0 Å². The van der Waals surface area contributed by atoms with Gasteiger partial charge >= 0.3 is 0 Å². The van der Waals surface area contributed by atoms with E-state index in [9.17, 15) is 4.79 Å². The summed E-state index contributed by atoms with van der Waals surface area (Å²) < 4.78 is 2.03. The smallest absolute Gasteiger partial charge is 0.255 e. The van der Waals surface area contributed by atoms with Crippen molar-refractivity contribution in [1.29, 1.82) is 0 Å². The number of hydrogen-bond acceptors (Lipinski definition) is 8. The SMILES string of the molecule is CN(Cc1nccs1)Cc1ccc2n(c1=O)C[C@H]1C[C@@H]2CN(c2nncs2)C1. The third-order valence-electron chi connectivity index (χ3n) is 5.63. The van der Waals surface area contributed by atoms with Gasteiger partial charge in [-0.1, -0.05) is 17.4 Å². The van der Waals surface area contributed by atoms with Gasteiger partial charge in [0.2, 0.25) is 5.13 Å². The molecule has 2 bridgehead atoms. The van der Waals surface area contributed by atoms with Gasteiger partial charge in [-0.25, -0.2) is 4.98 Å². The number of nitrogens with zero attached hydrogens (tertiary/aromatic N) is 6. The first-order chi connectivity index (χ1) is 13.7. The van der Waals surface area contributed by atoms with Crippen LogP contribution in [0.15, 0.2) is 34.0 Å². The van der Waals surface area contributed by atoms with Crippen molar-refractivity contribution in [3.8, 4) is 0 Å². The second-order valence-electron chi connectivity index (χ2n) is 7.72. The number of piperidine rings is 1. The Hall–Kier alpha value is -2.10. The van der Waals surface area contributed by atoms with Crippen LogP contribution in [0.4, 0.5) is 5.13 Å². The molecule has 146 valence electrons. The van der Waals surface area contributed by atoms with Gasteiger partial charge in [0.1, 0.15) is 10.5 Å². The Morgan fingerprint density at radius 1 is 1.21 bits per heavy atom. The van der Waals surface area contributed by atoms with E-state index < -0.39 is 0 Å². The number of aromatic nitrogens is 4. The van der Waals surface area contributed by atoms with Crippen LogP contribution < -0.4 is 10.5 Å². The Kier molecular flexibility index (Phi) is 4.73. The Bertz CT molecular complexity index is 1000. The summed E-state index contributed by atoms with van der Waals surface area (Å²) in [6, 6.07) is 4.19. The number of pyridine rings is 1. The van der Waals surface area contributed by atoms with Crippen molar-refractivity contribution in [2.24, 2.45) is 5.92 Å². The highest BCUT2D eigenvalue weighted by atomic mass is 32.1. The minimum Gasteiger partial charge on any atom is -0.346 e. The lowest BCUT2D eigenvalue weighted by atomic mass is 9.83. The second kappa shape index (κ2) is 7.38. The third-order valence-corrected chi connectivity index (χ3v) is 7.15. The third kappa shape index (κ3) is 3.38. The van der Waals surface area contributed by atoms with Crippen molar-refractivity contribution in [3.05, 3.63) is 55.8 Å². The molecule has 7 nitrogen and oxygen atoms in total. The van der Waals surface area contributed by atoms with Gasteiger partial charge in [0.15, 0.2) is 0 Å². The standard InChI is InChI=1S/C19H22N6OS2/c1-23(11-17-20-4-5-27-17)9-14-2-3-16-15-6-13(8-25(16)18(14)26)7-24(10-15)19-22-21-12-28-19/h2-5,12-13,15H,6-11H2,1H3/t13-,15+/m0/s1. The van der Waals surface area contributed by atoms with Crippen LogP contribution in [0.1, 0.15) is 28.6 Å². The fraction of sp³-hybridized carbons (Fsp3) is 0.474. The largest absolute Gasteiger partial charge is 0.346 e. The van der Waals surface area contributed by atoms with Crippen LogP contribution in [0, 0.1) is 5.92 Å². The number of rotatable bonds is 5. The maximum Gasteiger partial charge on any atom is 0.255 e. The summed E-state index contributed by atoms with van der Waals surface area (Å²) >= 11 is 3.24. The van der Waals surface area contributed by atoms with Gasteiger partial charge in [-0.3, -0.25) is 9.69 Å². The lowest BCUT2D eigenvalue weighted by Gasteiger charge is -2.42. The molecule has 0 unspecified atom stereocenters. The van der Waals surface area contributed by atoms with Crippen molar-refractivity contribution in [3.63, 3.8) is 0 Å². The molecule has 5 rings (SSSR count). The van der Waals surface area contributed by atoms with Crippen LogP contribution in [0.5, 0.6) is 0 Å². The maximum atomic E-state index is 13.2. The van der Waals surface area contributed by atoms with Gasteiger partial charge in [0.05, 0.1) is 6.54 Å². The van der Waals surface area contributed by atoms with Gasteiger partial charge in [-0.05, 0) is 25.5 Å². The molecule has 0 saturated carbocycles. The van der Waals surface area contributed by atoms with Crippen LogP contribution in [-0.2, 0) is 19.6 Å². The average molecular weight is 415 g/mol. The van der Waals surface area contributed by atoms with Crippen LogP contribution >= 0.6 is 22.7 Å². The topological polar surface area (TPSA) is 67.2 Å². The van der Waals surface area contributed by atoms with Crippen molar-refractivity contribution in [1.82, 2.24) is 24.6 Å². The van der Waals surface area contributed by atoms with E-state index in [-0.39, 0.29) is 5.56 Å². The summed E-state index contributed by atoms with van der Waals surface area (Å²) in [6.07, 6.45) is 2.98. The molecule has 0 radical (unpaired) electrons. The van der Waals surface area contributed by atoms with Crippen molar-refractivity contribution >= 4 is 27.8 Å². The van der Waals surface area contributed by atoms with Crippen molar-refractivity contribution in [2.45, 2.75) is 32.0 Å². The molecule has 2 aliphatic heterocycles. The van der Waals surface area contributed by atoms with Crippen LogP contribution in [0.3, 0.4) is 0 Å². The van der Waals surface area contributed by atoms with E-state index in [1.165, 1.54) is 5.69 Å². The van der Waals surface area contributed by atoms with E-state index in [0.29, 0.717) is 18.4 Å². The molecule has 1 saturated heterocycles. The average Bonchev–Trinajstić information content (AvgIpc) is 3.38. The van der Waals surface area contributed by atoms with E-state index >= 15 is 0 Å². The van der Waals surface area contributed by atoms with Gasteiger partial charge in [0.25, 0.3) is 5.56 Å². The Labute approximate surface area is 171 Å². The van der Waals surface area contributed by atoms with Crippen LogP contribution in [-0.4, -0.2) is 44.8 Å². The molecule has 28 heavy (non-hydrogen) atoms. The fourth-order valence-electron chi connectivity index (χ4n) is 4.48. The number of thiazole rings is 1. The van der Waals surface area contributed by atoms with E-state index in [1.54, 1.807) is 28.2 Å². The predicted octanol–water partition coefficient (Wildman–Crippen LogP) is 2.41. The molecule has 0 aliphatic carbocycles. The Morgan fingerprint density at radius 3 is 2.93 bits per heavy atom. The Balaban J connectivity index is 1.37. The molecule has 0 amide bonds. The monoisotopic (exact) mass is 414 g/mol.